The molecule has 5 nitrogen and oxygen atoms in total. The lowest BCUT2D eigenvalue weighted by Gasteiger charge is -2.34. The van der Waals surface area contributed by atoms with Crippen LogP contribution in [0.15, 0.2) is 76.5 Å². The number of allylic oxidation sites excluding steroid dienone is 1. The summed E-state index contributed by atoms with van der Waals surface area (Å²) in [5.41, 5.74) is 0.875. The highest BCUT2D eigenvalue weighted by molar-refractivity contribution is 7.90. The van der Waals surface area contributed by atoms with Gasteiger partial charge >= 0.3 is 0 Å². The summed E-state index contributed by atoms with van der Waals surface area (Å²) < 4.78 is 30.2. The minimum absolute atomic E-state index is 0.146. The van der Waals surface area contributed by atoms with Gasteiger partial charge in [-0.3, -0.25) is 0 Å². The van der Waals surface area contributed by atoms with Gasteiger partial charge < -0.3 is 10.0 Å². The van der Waals surface area contributed by atoms with Crippen molar-refractivity contribution < 1.29 is 13.5 Å². The molecule has 0 amide bonds. The fraction of sp³-hybridized carbons (Fsp3) is 0.318. The number of benzene rings is 2. The van der Waals surface area contributed by atoms with Crippen LogP contribution in [0.2, 0.25) is 0 Å². The van der Waals surface area contributed by atoms with E-state index < -0.39 is 21.5 Å². The zero-order valence-electron chi connectivity index (χ0n) is 16.2. The van der Waals surface area contributed by atoms with E-state index in [0.717, 1.165) is 11.1 Å². The van der Waals surface area contributed by atoms with E-state index in [0.29, 0.717) is 25.2 Å². The van der Waals surface area contributed by atoms with E-state index in [-0.39, 0.29) is 4.90 Å². The van der Waals surface area contributed by atoms with Crippen LogP contribution in [0.5, 0.6) is 0 Å². The summed E-state index contributed by atoms with van der Waals surface area (Å²) in [6.45, 7) is 6.35. The molecule has 6 heteroatoms. The predicted molar refractivity (Wildman–Crippen MR) is 112 cm³/mol. The average Bonchev–Trinajstić information content (AvgIpc) is 2.99. The van der Waals surface area contributed by atoms with Gasteiger partial charge in [-0.15, -0.1) is 11.0 Å². The Hall–Kier alpha value is -2.44. The van der Waals surface area contributed by atoms with E-state index in [4.69, 9.17) is 0 Å². The van der Waals surface area contributed by atoms with Crippen LogP contribution in [-0.2, 0) is 10.0 Å². The largest absolute Gasteiger partial charge is 0.387 e. The number of likely N-dealkylation sites (tertiary alicyclic amines) is 1. The molecule has 0 radical (unpaired) electrons. The highest BCUT2D eigenvalue weighted by Crippen LogP contribution is 2.47. The molecule has 148 valence electrons. The summed E-state index contributed by atoms with van der Waals surface area (Å²) in [4.78, 5) is 1.97. The summed E-state index contributed by atoms with van der Waals surface area (Å²) in [7, 11) is -2.09. The Bertz CT molecular complexity index is 969. The topological polar surface area (TPSA) is 70.0 Å². The van der Waals surface area contributed by atoms with Crippen LogP contribution >= 0.6 is 0 Å². The van der Waals surface area contributed by atoms with E-state index in [1.54, 1.807) is 30.3 Å². The van der Waals surface area contributed by atoms with Gasteiger partial charge in [-0.2, -0.15) is 8.42 Å². The van der Waals surface area contributed by atoms with Crippen molar-refractivity contribution in [3.8, 4) is 0 Å². The lowest BCUT2D eigenvalue weighted by Crippen LogP contribution is -2.38. The number of aliphatic hydroxyl groups is 1. The normalized spacial score (nSPS) is 22.4. The molecule has 2 atom stereocenters. The highest BCUT2D eigenvalue weighted by Gasteiger charge is 2.49. The molecule has 2 aromatic carbocycles. The van der Waals surface area contributed by atoms with Gasteiger partial charge in [-0.1, -0.05) is 54.1 Å². The molecule has 1 heterocycles. The van der Waals surface area contributed by atoms with Crippen LogP contribution in [0.3, 0.4) is 0 Å². The molecule has 1 aliphatic heterocycles. The maximum absolute atomic E-state index is 13.0. The Balaban J connectivity index is 2.11. The smallest absolute Gasteiger partial charge is 0.283 e. The predicted octanol–water partition coefficient (Wildman–Crippen LogP) is 3.71. The van der Waals surface area contributed by atoms with Gasteiger partial charge in [0.2, 0.25) is 0 Å². The SMILES string of the molecule is C=CC[C@]1([C@H](O)c2ccccc2)CCN(C)/C1=N\S(=O)(=O)c1ccc(C)cc1. The van der Waals surface area contributed by atoms with Gasteiger partial charge in [0.15, 0.2) is 0 Å². The Morgan fingerprint density at radius 3 is 2.46 bits per heavy atom. The van der Waals surface area contributed by atoms with Crippen LogP contribution in [0, 0.1) is 12.3 Å². The molecule has 0 spiro atoms. The zero-order chi connectivity index (χ0) is 20.4. The fourth-order valence-electron chi connectivity index (χ4n) is 3.78. The van der Waals surface area contributed by atoms with Crippen molar-refractivity contribution in [3.05, 3.63) is 78.4 Å². The van der Waals surface area contributed by atoms with Gasteiger partial charge in [0.05, 0.1) is 16.4 Å². The van der Waals surface area contributed by atoms with Gasteiger partial charge in [-0.25, -0.2) is 0 Å². The maximum Gasteiger partial charge on any atom is 0.283 e. The number of sulfonamides is 1. The standard InChI is InChI=1S/C22H26N2O3S/c1-4-14-22(20(25)18-8-6-5-7-9-18)15-16-24(3)21(22)23-28(26,27)19-12-10-17(2)11-13-19/h4-13,20,25H,1,14-16H2,2-3H3/b23-21-/t20-,22-/m1/s1. The number of rotatable bonds is 6. The van der Waals surface area contributed by atoms with Crippen molar-refractivity contribution in [1.82, 2.24) is 4.90 Å². The van der Waals surface area contributed by atoms with Crippen LogP contribution < -0.4 is 0 Å². The van der Waals surface area contributed by atoms with Crippen LogP contribution in [0.1, 0.15) is 30.1 Å². The minimum atomic E-state index is -3.90. The third-order valence-corrected chi connectivity index (χ3v) is 6.65. The minimum Gasteiger partial charge on any atom is -0.387 e. The summed E-state index contributed by atoms with van der Waals surface area (Å²) in [5.74, 6) is 0.379. The number of aliphatic hydroxyl groups excluding tert-OH is 1. The van der Waals surface area contributed by atoms with Crippen molar-refractivity contribution in [2.75, 3.05) is 13.6 Å². The molecular formula is C22H26N2O3S. The summed E-state index contributed by atoms with van der Waals surface area (Å²) in [5, 5.41) is 11.2. The number of hydrogen-bond donors (Lipinski definition) is 1. The first-order chi connectivity index (χ1) is 13.3. The van der Waals surface area contributed by atoms with Crippen LogP contribution in [-0.4, -0.2) is 37.9 Å². The van der Waals surface area contributed by atoms with Crippen molar-refractivity contribution in [2.24, 2.45) is 9.81 Å². The summed E-state index contributed by atoms with van der Waals surface area (Å²) >= 11 is 0. The van der Waals surface area contributed by atoms with Crippen LogP contribution in [0.4, 0.5) is 0 Å². The molecule has 2 aromatic rings. The molecular weight excluding hydrogens is 372 g/mol. The van der Waals surface area contributed by atoms with E-state index in [1.165, 1.54) is 0 Å². The molecule has 1 aliphatic rings. The average molecular weight is 399 g/mol. The fourth-order valence-corrected chi connectivity index (χ4v) is 4.91. The van der Waals surface area contributed by atoms with E-state index in [2.05, 4.69) is 11.0 Å². The second-order valence-corrected chi connectivity index (χ2v) is 8.94. The summed E-state index contributed by atoms with van der Waals surface area (Å²) in [6.07, 6.45) is 1.85. The summed E-state index contributed by atoms with van der Waals surface area (Å²) in [6, 6.07) is 15.9. The van der Waals surface area contributed by atoms with Gasteiger partial charge in [-0.05, 0) is 37.5 Å². The first-order valence-electron chi connectivity index (χ1n) is 9.27. The van der Waals surface area contributed by atoms with Crippen LogP contribution in [0.25, 0.3) is 0 Å². The van der Waals surface area contributed by atoms with E-state index in [9.17, 15) is 13.5 Å². The molecule has 0 aliphatic carbocycles. The molecule has 0 saturated carbocycles. The first kappa shape index (κ1) is 20.3. The monoisotopic (exact) mass is 398 g/mol. The molecule has 0 aromatic heterocycles. The third-order valence-electron chi connectivity index (χ3n) is 5.37. The Kier molecular flexibility index (Phi) is 5.72. The van der Waals surface area contributed by atoms with E-state index in [1.807, 2.05) is 49.2 Å². The highest BCUT2D eigenvalue weighted by atomic mass is 32.2. The number of aryl methyl sites for hydroxylation is 1. The molecule has 0 unspecified atom stereocenters. The van der Waals surface area contributed by atoms with Crippen molar-refractivity contribution >= 4 is 15.9 Å². The molecule has 0 bridgehead atoms. The lowest BCUT2D eigenvalue weighted by atomic mass is 9.74. The van der Waals surface area contributed by atoms with E-state index >= 15 is 0 Å². The molecule has 1 N–H and O–H groups in total. The molecule has 28 heavy (non-hydrogen) atoms. The van der Waals surface area contributed by atoms with Gasteiger partial charge in [0, 0.05) is 13.6 Å². The van der Waals surface area contributed by atoms with Gasteiger partial charge in [0.25, 0.3) is 10.0 Å². The molecule has 1 fully saturated rings. The van der Waals surface area contributed by atoms with Crippen molar-refractivity contribution in [2.45, 2.75) is 30.8 Å². The maximum atomic E-state index is 13.0. The number of hydrogen-bond acceptors (Lipinski definition) is 3. The zero-order valence-corrected chi connectivity index (χ0v) is 17.1. The van der Waals surface area contributed by atoms with Crippen molar-refractivity contribution in [1.29, 1.82) is 0 Å². The third kappa shape index (κ3) is 3.75. The number of nitrogens with zero attached hydrogens (tertiary/aromatic N) is 2. The Morgan fingerprint density at radius 1 is 1.21 bits per heavy atom. The first-order valence-corrected chi connectivity index (χ1v) is 10.7. The van der Waals surface area contributed by atoms with Gasteiger partial charge in [0.1, 0.15) is 5.84 Å². The Morgan fingerprint density at radius 2 is 1.86 bits per heavy atom. The second-order valence-electron chi connectivity index (χ2n) is 7.34. The second kappa shape index (κ2) is 7.89. The Labute approximate surface area is 167 Å². The quantitative estimate of drug-likeness (QED) is 0.753. The number of amidine groups is 1. The lowest BCUT2D eigenvalue weighted by molar-refractivity contribution is 0.0746. The van der Waals surface area contributed by atoms with Crippen molar-refractivity contribution in [3.63, 3.8) is 0 Å². The molecule has 1 saturated heterocycles. The molecule has 3 rings (SSSR count).